The molecule has 17 heavy (non-hydrogen) atoms. The zero-order valence-corrected chi connectivity index (χ0v) is 10.2. The lowest BCUT2D eigenvalue weighted by molar-refractivity contribution is -0.122. The van der Waals surface area contributed by atoms with Crippen molar-refractivity contribution >= 4 is 5.91 Å². The van der Waals surface area contributed by atoms with Gasteiger partial charge in [-0.3, -0.25) is 4.79 Å². The summed E-state index contributed by atoms with van der Waals surface area (Å²) in [7, 11) is 0. The lowest BCUT2D eigenvalue weighted by atomic mass is 9.85. The Kier molecular flexibility index (Phi) is 4.01. The van der Waals surface area contributed by atoms with Crippen LogP contribution in [-0.2, 0) is 4.79 Å². The molecule has 3 N–H and O–H groups in total. The second-order valence-electron chi connectivity index (χ2n) is 5.39. The van der Waals surface area contributed by atoms with Gasteiger partial charge < -0.3 is 11.1 Å². The van der Waals surface area contributed by atoms with Crippen molar-refractivity contribution in [2.24, 2.45) is 17.6 Å². The highest BCUT2D eigenvalue weighted by Gasteiger charge is 2.31. The van der Waals surface area contributed by atoms with Crippen LogP contribution in [0.15, 0.2) is 0 Å². The van der Waals surface area contributed by atoms with E-state index >= 15 is 0 Å². The molecule has 1 amide bonds. The molecule has 2 rings (SSSR count). The number of hydrogen-bond donors (Lipinski definition) is 2. The fraction of sp³-hybridized carbons (Fsp3) is 0.846. The highest BCUT2D eigenvalue weighted by molar-refractivity contribution is 5.76. The van der Waals surface area contributed by atoms with Gasteiger partial charge in [-0.25, -0.2) is 0 Å². The van der Waals surface area contributed by atoms with Gasteiger partial charge in [-0.1, -0.05) is 6.42 Å². The predicted octanol–water partition coefficient (Wildman–Crippen LogP) is 1.31. The van der Waals surface area contributed by atoms with Gasteiger partial charge in [0, 0.05) is 18.0 Å². The van der Waals surface area contributed by atoms with E-state index in [4.69, 9.17) is 11.0 Å². The Morgan fingerprint density at radius 1 is 1.18 bits per heavy atom. The van der Waals surface area contributed by atoms with E-state index in [0.29, 0.717) is 12.1 Å². The summed E-state index contributed by atoms with van der Waals surface area (Å²) in [5, 5.41) is 12.6. The molecule has 4 heteroatoms. The van der Waals surface area contributed by atoms with Gasteiger partial charge >= 0.3 is 0 Å². The van der Waals surface area contributed by atoms with Crippen LogP contribution in [0, 0.1) is 23.2 Å². The van der Waals surface area contributed by atoms with Crippen LogP contribution in [-0.4, -0.2) is 18.0 Å². The number of primary amides is 1. The smallest absolute Gasteiger partial charge is 0.220 e. The van der Waals surface area contributed by atoms with E-state index in [0.717, 1.165) is 44.9 Å². The topological polar surface area (TPSA) is 78.9 Å². The molecule has 0 aromatic carbocycles. The molecule has 2 fully saturated rings. The van der Waals surface area contributed by atoms with Crippen molar-refractivity contribution in [1.82, 2.24) is 5.32 Å². The second-order valence-corrected chi connectivity index (χ2v) is 5.39. The van der Waals surface area contributed by atoms with Gasteiger partial charge in [0.15, 0.2) is 0 Å². The van der Waals surface area contributed by atoms with Crippen molar-refractivity contribution in [3.8, 4) is 6.07 Å². The third-order valence-electron chi connectivity index (χ3n) is 4.26. The molecular formula is C13H21N3O. The Labute approximate surface area is 103 Å². The van der Waals surface area contributed by atoms with Crippen molar-refractivity contribution in [3.05, 3.63) is 0 Å². The molecule has 2 aliphatic rings. The molecule has 2 atom stereocenters. The fourth-order valence-corrected chi connectivity index (χ4v) is 3.16. The third kappa shape index (κ3) is 2.98. The number of amides is 1. The van der Waals surface area contributed by atoms with Crippen LogP contribution in [0.1, 0.15) is 44.9 Å². The van der Waals surface area contributed by atoms with Crippen molar-refractivity contribution in [2.75, 3.05) is 0 Å². The zero-order chi connectivity index (χ0) is 12.3. The Morgan fingerprint density at radius 2 is 1.88 bits per heavy atom. The van der Waals surface area contributed by atoms with E-state index in [9.17, 15) is 4.79 Å². The molecule has 2 aliphatic carbocycles. The Bertz CT molecular complexity index is 315. The number of hydrogen-bond acceptors (Lipinski definition) is 3. The van der Waals surface area contributed by atoms with Crippen LogP contribution in [0.5, 0.6) is 0 Å². The summed E-state index contributed by atoms with van der Waals surface area (Å²) in [4.78, 5) is 11.1. The van der Waals surface area contributed by atoms with Gasteiger partial charge in [0.1, 0.15) is 0 Å². The number of nitrogens with one attached hydrogen (secondary N) is 1. The summed E-state index contributed by atoms with van der Waals surface area (Å²) >= 11 is 0. The lowest BCUT2D eigenvalue weighted by Crippen LogP contribution is -2.43. The molecule has 0 spiro atoms. The first kappa shape index (κ1) is 12.4. The van der Waals surface area contributed by atoms with Crippen molar-refractivity contribution in [1.29, 1.82) is 5.26 Å². The van der Waals surface area contributed by atoms with E-state index in [1.54, 1.807) is 0 Å². The Hall–Kier alpha value is -1.08. The maximum atomic E-state index is 11.1. The van der Waals surface area contributed by atoms with Gasteiger partial charge in [0.25, 0.3) is 0 Å². The average Bonchev–Trinajstić information content (AvgIpc) is 2.77. The zero-order valence-electron chi connectivity index (χ0n) is 10.2. The molecule has 0 aromatic rings. The molecule has 0 bridgehead atoms. The van der Waals surface area contributed by atoms with E-state index < -0.39 is 0 Å². The number of rotatable bonds is 3. The number of carbonyl (C=O) groups excluding carboxylic acids is 1. The normalized spacial score (nSPS) is 37.6. The van der Waals surface area contributed by atoms with E-state index in [-0.39, 0.29) is 17.7 Å². The van der Waals surface area contributed by atoms with Crippen LogP contribution in [0.4, 0.5) is 0 Å². The molecule has 94 valence electrons. The number of nitriles is 1. The first-order valence-electron chi connectivity index (χ1n) is 6.65. The van der Waals surface area contributed by atoms with Crippen molar-refractivity contribution in [2.45, 2.75) is 57.0 Å². The fourth-order valence-electron chi connectivity index (χ4n) is 3.16. The predicted molar refractivity (Wildman–Crippen MR) is 64.8 cm³/mol. The molecule has 0 saturated heterocycles. The van der Waals surface area contributed by atoms with Gasteiger partial charge in [-0.2, -0.15) is 5.26 Å². The van der Waals surface area contributed by atoms with Crippen LogP contribution in [0.3, 0.4) is 0 Å². The van der Waals surface area contributed by atoms with Gasteiger partial charge in [-0.15, -0.1) is 0 Å². The van der Waals surface area contributed by atoms with E-state index in [2.05, 4.69) is 11.4 Å². The molecule has 0 aromatic heterocycles. The summed E-state index contributed by atoms with van der Waals surface area (Å²) < 4.78 is 0. The molecule has 0 aliphatic heterocycles. The molecule has 2 unspecified atom stereocenters. The quantitative estimate of drug-likeness (QED) is 0.774. The number of nitrogens with zero attached hydrogens (tertiary/aromatic N) is 1. The second kappa shape index (κ2) is 5.50. The molecule has 2 saturated carbocycles. The lowest BCUT2D eigenvalue weighted by Gasteiger charge is -2.30. The summed E-state index contributed by atoms with van der Waals surface area (Å²) in [6.45, 7) is 0. The van der Waals surface area contributed by atoms with Crippen molar-refractivity contribution < 1.29 is 4.79 Å². The maximum Gasteiger partial charge on any atom is 0.220 e. The molecule has 4 nitrogen and oxygen atoms in total. The SMILES string of the molecule is N#CC1CCCC1NC1CCC(C(N)=O)CC1. The standard InChI is InChI=1S/C13H21N3O/c14-8-10-2-1-3-12(10)16-11-6-4-9(5-7-11)13(15)17/h9-12,16H,1-7H2,(H2,15,17). The first-order valence-corrected chi connectivity index (χ1v) is 6.65. The van der Waals surface area contributed by atoms with Crippen LogP contribution in [0.25, 0.3) is 0 Å². The van der Waals surface area contributed by atoms with E-state index in [1.807, 2.05) is 0 Å². The van der Waals surface area contributed by atoms with Gasteiger partial charge in [0.05, 0.1) is 12.0 Å². The molecular weight excluding hydrogens is 214 g/mol. The van der Waals surface area contributed by atoms with Crippen LogP contribution < -0.4 is 11.1 Å². The Morgan fingerprint density at radius 3 is 2.47 bits per heavy atom. The minimum Gasteiger partial charge on any atom is -0.369 e. The highest BCUT2D eigenvalue weighted by atomic mass is 16.1. The third-order valence-corrected chi connectivity index (χ3v) is 4.26. The van der Waals surface area contributed by atoms with Gasteiger partial charge in [0.2, 0.25) is 5.91 Å². The van der Waals surface area contributed by atoms with E-state index in [1.165, 1.54) is 0 Å². The van der Waals surface area contributed by atoms with Gasteiger partial charge in [-0.05, 0) is 38.5 Å². The Balaban J connectivity index is 1.78. The number of carbonyl (C=O) groups is 1. The molecule has 0 heterocycles. The number of nitrogens with two attached hydrogens (primary N) is 1. The molecule has 0 radical (unpaired) electrons. The largest absolute Gasteiger partial charge is 0.369 e. The first-order chi connectivity index (χ1) is 8.20. The average molecular weight is 235 g/mol. The van der Waals surface area contributed by atoms with Crippen LogP contribution >= 0.6 is 0 Å². The minimum absolute atomic E-state index is 0.0726. The summed E-state index contributed by atoms with van der Waals surface area (Å²) in [6, 6.07) is 3.24. The maximum absolute atomic E-state index is 11.1. The minimum atomic E-state index is -0.154. The highest BCUT2D eigenvalue weighted by Crippen LogP contribution is 2.29. The summed E-state index contributed by atoms with van der Waals surface area (Å²) in [5.74, 6) is 0.103. The summed E-state index contributed by atoms with van der Waals surface area (Å²) in [5.41, 5.74) is 5.32. The van der Waals surface area contributed by atoms with Crippen molar-refractivity contribution in [3.63, 3.8) is 0 Å². The van der Waals surface area contributed by atoms with Crippen LogP contribution in [0.2, 0.25) is 0 Å². The summed E-state index contributed by atoms with van der Waals surface area (Å²) in [6.07, 6.45) is 7.14. The monoisotopic (exact) mass is 235 g/mol.